The Morgan fingerprint density at radius 1 is 1.25 bits per heavy atom. The minimum Gasteiger partial charge on any atom is -0.496 e. The fraction of sp³-hybridized carbons (Fsp3) is 0.462. The number of ether oxygens (including phenoxy) is 2. The van der Waals surface area contributed by atoms with Crippen LogP contribution >= 0.6 is 0 Å². The van der Waals surface area contributed by atoms with Crippen LogP contribution in [0.3, 0.4) is 0 Å². The normalized spacial score (nSPS) is 11.1. The number of hydrogen-bond donors (Lipinski definition) is 0. The highest BCUT2D eigenvalue weighted by molar-refractivity contribution is 5.93. The van der Waals surface area contributed by atoms with Gasteiger partial charge in [0, 0.05) is 0 Å². The molecule has 0 N–H and O–H groups in total. The first-order valence-corrected chi connectivity index (χ1v) is 5.21. The van der Waals surface area contributed by atoms with Crippen molar-refractivity contribution in [1.29, 1.82) is 0 Å². The van der Waals surface area contributed by atoms with Crippen LogP contribution in [-0.2, 0) is 4.74 Å². The van der Waals surface area contributed by atoms with E-state index in [1.165, 1.54) is 0 Å². The first-order valence-electron chi connectivity index (χ1n) is 5.21. The van der Waals surface area contributed by atoms with Gasteiger partial charge in [-0.05, 0) is 39.8 Å². The molecule has 0 aliphatic carbocycles. The second-order valence-corrected chi connectivity index (χ2v) is 4.71. The average Bonchev–Trinajstić information content (AvgIpc) is 2.15. The van der Waals surface area contributed by atoms with Crippen molar-refractivity contribution in [3.05, 3.63) is 29.3 Å². The van der Waals surface area contributed by atoms with Gasteiger partial charge in [0.1, 0.15) is 16.9 Å². The number of aryl methyl sites for hydroxylation is 1. The van der Waals surface area contributed by atoms with Gasteiger partial charge in [-0.2, -0.15) is 0 Å². The summed E-state index contributed by atoms with van der Waals surface area (Å²) in [6.07, 6.45) is 0. The van der Waals surface area contributed by atoms with Crippen molar-refractivity contribution >= 4 is 5.97 Å². The van der Waals surface area contributed by atoms with Crippen molar-refractivity contribution in [3.63, 3.8) is 0 Å². The van der Waals surface area contributed by atoms with Crippen LogP contribution in [0.15, 0.2) is 18.2 Å². The third-order valence-corrected chi connectivity index (χ3v) is 1.97. The molecule has 0 heterocycles. The predicted octanol–water partition coefficient (Wildman–Crippen LogP) is 2.96. The fourth-order valence-electron chi connectivity index (χ4n) is 1.31. The number of benzene rings is 1. The topological polar surface area (TPSA) is 35.5 Å². The van der Waals surface area contributed by atoms with E-state index in [4.69, 9.17) is 9.47 Å². The Hall–Kier alpha value is -1.51. The molecule has 0 atom stereocenters. The van der Waals surface area contributed by atoms with Gasteiger partial charge in [-0.1, -0.05) is 11.6 Å². The second kappa shape index (κ2) is 4.56. The third-order valence-electron chi connectivity index (χ3n) is 1.97. The number of carbonyl (C=O) groups is 1. The molecule has 1 aromatic rings. The molecule has 0 saturated heterocycles. The van der Waals surface area contributed by atoms with E-state index in [1.807, 2.05) is 33.8 Å². The summed E-state index contributed by atoms with van der Waals surface area (Å²) < 4.78 is 10.4. The molecular formula is C13H18O3. The van der Waals surface area contributed by atoms with Crippen LogP contribution in [-0.4, -0.2) is 18.7 Å². The molecule has 3 nitrogen and oxygen atoms in total. The number of carbonyl (C=O) groups excluding carboxylic acids is 1. The van der Waals surface area contributed by atoms with Crippen LogP contribution in [0.2, 0.25) is 0 Å². The zero-order valence-electron chi connectivity index (χ0n) is 10.5. The Labute approximate surface area is 96.4 Å². The summed E-state index contributed by atoms with van der Waals surface area (Å²) in [5, 5.41) is 0. The van der Waals surface area contributed by atoms with E-state index < -0.39 is 5.60 Å². The first kappa shape index (κ1) is 12.6. The highest BCUT2D eigenvalue weighted by atomic mass is 16.6. The summed E-state index contributed by atoms with van der Waals surface area (Å²) in [4.78, 5) is 11.9. The van der Waals surface area contributed by atoms with Gasteiger partial charge in [0.05, 0.1) is 7.11 Å². The maximum atomic E-state index is 11.9. The second-order valence-electron chi connectivity index (χ2n) is 4.71. The largest absolute Gasteiger partial charge is 0.496 e. The van der Waals surface area contributed by atoms with Crippen LogP contribution in [0, 0.1) is 6.92 Å². The van der Waals surface area contributed by atoms with E-state index in [1.54, 1.807) is 19.2 Å². The molecule has 0 aliphatic heterocycles. The predicted molar refractivity (Wildman–Crippen MR) is 62.9 cm³/mol. The van der Waals surface area contributed by atoms with Crippen LogP contribution in [0.4, 0.5) is 0 Å². The van der Waals surface area contributed by atoms with Gasteiger partial charge < -0.3 is 9.47 Å². The van der Waals surface area contributed by atoms with Gasteiger partial charge in [0.15, 0.2) is 0 Å². The Morgan fingerprint density at radius 2 is 1.88 bits per heavy atom. The molecule has 0 spiro atoms. The average molecular weight is 222 g/mol. The lowest BCUT2D eigenvalue weighted by Gasteiger charge is -2.20. The third kappa shape index (κ3) is 3.26. The van der Waals surface area contributed by atoms with E-state index in [0.717, 1.165) is 5.56 Å². The van der Waals surface area contributed by atoms with Gasteiger partial charge in [0.25, 0.3) is 0 Å². The first-order chi connectivity index (χ1) is 7.33. The Bertz CT molecular complexity index is 389. The molecule has 1 rings (SSSR count). The molecule has 88 valence electrons. The van der Waals surface area contributed by atoms with Crippen molar-refractivity contribution < 1.29 is 14.3 Å². The molecule has 0 aliphatic rings. The zero-order chi connectivity index (χ0) is 12.3. The number of methoxy groups -OCH3 is 1. The van der Waals surface area contributed by atoms with Crippen LogP contribution in [0.25, 0.3) is 0 Å². The van der Waals surface area contributed by atoms with Crippen molar-refractivity contribution in [3.8, 4) is 5.75 Å². The van der Waals surface area contributed by atoms with E-state index in [-0.39, 0.29) is 5.97 Å². The number of esters is 1. The van der Waals surface area contributed by atoms with Gasteiger partial charge in [-0.15, -0.1) is 0 Å². The Balaban J connectivity index is 3.02. The molecule has 1 aromatic carbocycles. The molecule has 0 aromatic heterocycles. The number of hydrogen-bond acceptors (Lipinski definition) is 3. The van der Waals surface area contributed by atoms with Crippen LogP contribution < -0.4 is 4.74 Å². The highest BCUT2D eigenvalue weighted by Crippen LogP contribution is 2.22. The summed E-state index contributed by atoms with van der Waals surface area (Å²) in [6, 6.07) is 5.44. The van der Waals surface area contributed by atoms with Gasteiger partial charge in [-0.3, -0.25) is 0 Å². The van der Waals surface area contributed by atoms with Gasteiger partial charge >= 0.3 is 5.97 Å². The highest BCUT2D eigenvalue weighted by Gasteiger charge is 2.20. The summed E-state index contributed by atoms with van der Waals surface area (Å²) in [5.41, 5.74) is 0.977. The minimum atomic E-state index is -0.494. The van der Waals surface area contributed by atoms with Crippen LogP contribution in [0.5, 0.6) is 5.75 Å². The van der Waals surface area contributed by atoms with E-state index >= 15 is 0 Å². The summed E-state index contributed by atoms with van der Waals surface area (Å²) in [7, 11) is 1.54. The minimum absolute atomic E-state index is 0.354. The molecule has 0 saturated carbocycles. The Kier molecular flexibility index (Phi) is 3.58. The zero-order valence-corrected chi connectivity index (χ0v) is 10.5. The van der Waals surface area contributed by atoms with Crippen molar-refractivity contribution in [2.45, 2.75) is 33.3 Å². The maximum absolute atomic E-state index is 11.9. The van der Waals surface area contributed by atoms with Crippen molar-refractivity contribution in [2.75, 3.05) is 7.11 Å². The Morgan fingerprint density at radius 3 is 2.38 bits per heavy atom. The summed E-state index contributed by atoms with van der Waals surface area (Å²) in [6.45, 7) is 7.45. The lowest BCUT2D eigenvalue weighted by atomic mass is 10.1. The quantitative estimate of drug-likeness (QED) is 0.722. The number of rotatable bonds is 2. The molecule has 0 unspecified atom stereocenters. The standard InChI is InChI=1S/C13H18O3/c1-9-6-7-11(15-5)10(8-9)12(14)16-13(2,3)4/h6-8H,1-5H3. The molecular weight excluding hydrogens is 204 g/mol. The summed E-state index contributed by atoms with van der Waals surface area (Å²) in [5.74, 6) is 0.188. The molecule has 0 fully saturated rings. The summed E-state index contributed by atoms with van der Waals surface area (Å²) >= 11 is 0. The smallest absolute Gasteiger partial charge is 0.342 e. The van der Waals surface area contributed by atoms with E-state index in [2.05, 4.69) is 0 Å². The molecule has 0 bridgehead atoms. The monoisotopic (exact) mass is 222 g/mol. The van der Waals surface area contributed by atoms with E-state index in [0.29, 0.717) is 11.3 Å². The van der Waals surface area contributed by atoms with Gasteiger partial charge in [0.2, 0.25) is 0 Å². The molecule has 16 heavy (non-hydrogen) atoms. The SMILES string of the molecule is COc1ccc(C)cc1C(=O)OC(C)(C)C. The van der Waals surface area contributed by atoms with E-state index in [9.17, 15) is 4.79 Å². The lowest BCUT2D eigenvalue weighted by molar-refractivity contribution is 0.00664. The van der Waals surface area contributed by atoms with Gasteiger partial charge in [-0.25, -0.2) is 4.79 Å². The van der Waals surface area contributed by atoms with Crippen molar-refractivity contribution in [2.24, 2.45) is 0 Å². The lowest BCUT2D eigenvalue weighted by Crippen LogP contribution is -2.24. The molecule has 0 radical (unpaired) electrons. The maximum Gasteiger partial charge on any atom is 0.342 e. The fourth-order valence-corrected chi connectivity index (χ4v) is 1.31. The van der Waals surface area contributed by atoms with Crippen molar-refractivity contribution in [1.82, 2.24) is 0 Å². The van der Waals surface area contributed by atoms with Crippen LogP contribution in [0.1, 0.15) is 36.7 Å². The molecule has 3 heteroatoms. The molecule has 0 amide bonds.